The summed E-state index contributed by atoms with van der Waals surface area (Å²) in [6, 6.07) is 10.2. The minimum absolute atomic E-state index is 0.0856. The van der Waals surface area contributed by atoms with Gasteiger partial charge in [0.25, 0.3) is 5.91 Å². The molecule has 0 fully saturated rings. The summed E-state index contributed by atoms with van der Waals surface area (Å²) in [5, 5.41) is 10.6. The third-order valence-electron chi connectivity index (χ3n) is 5.46. The predicted molar refractivity (Wildman–Crippen MR) is 140 cm³/mol. The third-order valence-corrected chi connectivity index (χ3v) is 5.99. The number of esters is 1. The molecule has 1 atom stereocenters. The summed E-state index contributed by atoms with van der Waals surface area (Å²) in [4.78, 5) is 37.2. The molecule has 4 N–H and O–H groups in total. The number of nitrogens with two attached hydrogens (primary N) is 1. The number of methoxy groups -OCH3 is 1. The van der Waals surface area contributed by atoms with Crippen molar-refractivity contribution in [1.29, 1.82) is 0 Å². The lowest BCUT2D eigenvalue weighted by molar-refractivity contribution is -0.145. The quantitative estimate of drug-likeness (QED) is 0.387. The van der Waals surface area contributed by atoms with Gasteiger partial charge in [-0.25, -0.2) is 14.3 Å². The zero-order valence-electron chi connectivity index (χ0n) is 20.5. The molecule has 11 heteroatoms. The van der Waals surface area contributed by atoms with Crippen molar-refractivity contribution in [2.45, 2.75) is 33.7 Å². The standard InChI is InChI=1S/C25H27Cl2N5O4/c1-13-19(22(33)30-21(23(34)36-5)25(2,3)4)31-32(18-10-9-15(26)12-17(18)27)20(13)14-7-6-8-16(11-14)29-24(28)35/h6-12,21H,1-5H3,(H,30,33)(H3,28,29,35). The Bertz CT molecular complexity index is 1330. The van der Waals surface area contributed by atoms with Crippen LogP contribution in [0.25, 0.3) is 16.9 Å². The average Bonchev–Trinajstić information content (AvgIpc) is 3.12. The van der Waals surface area contributed by atoms with Crippen LogP contribution in [0.3, 0.4) is 0 Å². The highest BCUT2D eigenvalue weighted by atomic mass is 35.5. The predicted octanol–water partition coefficient (Wildman–Crippen LogP) is 4.96. The van der Waals surface area contributed by atoms with Gasteiger partial charge in [0.1, 0.15) is 6.04 Å². The van der Waals surface area contributed by atoms with Crippen molar-refractivity contribution in [3.63, 3.8) is 0 Å². The first-order chi connectivity index (χ1) is 16.8. The van der Waals surface area contributed by atoms with Crippen LogP contribution >= 0.6 is 23.2 Å². The number of anilines is 1. The molecule has 0 aliphatic rings. The Hall–Kier alpha value is -3.56. The number of halogens is 2. The van der Waals surface area contributed by atoms with Gasteiger partial charge in [0, 0.05) is 21.8 Å². The second kappa shape index (κ2) is 10.6. The Morgan fingerprint density at radius 3 is 2.39 bits per heavy atom. The van der Waals surface area contributed by atoms with Crippen molar-refractivity contribution in [2.75, 3.05) is 12.4 Å². The molecular formula is C25H27Cl2N5O4. The molecule has 1 unspecified atom stereocenters. The van der Waals surface area contributed by atoms with Crippen LogP contribution < -0.4 is 16.4 Å². The molecule has 0 spiro atoms. The van der Waals surface area contributed by atoms with Crippen LogP contribution in [0, 0.1) is 12.3 Å². The van der Waals surface area contributed by atoms with Crippen molar-refractivity contribution in [3.05, 3.63) is 63.8 Å². The molecule has 1 aromatic heterocycles. The number of ether oxygens (including phenoxy) is 1. The molecule has 2 aromatic carbocycles. The molecular weight excluding hydrogens is 505 g/mol. The van der Waals surface area contributed by atoms with Gasteiger partial charge in [0.15, 0.2) is 5.69 Å². The summed E-state index contributed by atoms with van der Waals surface area (Å²) in [7, 11) is 1.26. The molecule has 36 heavy (non-hydrogen) atoms. The van der Waals surface area contributed by atoms with Gasteiger partial charge in [-0.3, -0.25) is 4.79 Å². The monoisotopic (exact) mass is 531 g/mol. The smallest absolute Gasteiger partial charge is 0.328 e. The molecule has 190 valence electrons. The zero-order valence-corrected chi connectivity index (χ0v) is 22.0. The van der Waals surface area contributed by atoms with Crippen LogP contribution in [0.1, 0.15) is 36.8 Å². The van der Waals surface area contributed by atoms with E-state index in [-0.39, 0.29) is 5.69 Å². The molecule has 0 saturated heterocycles. The summed E-state index contributed by atoms with van der Waals surface area (Å²) in [5.41, 5.74) is 7.38. The Morgan fingerprint density at radius 2 is 1.81 bits per heavy atom. The van der Waals surface area contributed by atoms with E-state index in [4.69, 9.17) is 33.7 Å². The van der Waals surface area contributed by atoms with Gasteiger partial charge in [0.2, 0.25) is 0 Å². The first-order valence-corrected chi connectivity index (χ1v) is 11.7. The number of hydrogen-bond acceptors (Lipinski definition) is 5. The van der Waals surface area contributed by atoms with E-state index in [1.165, 1.54) is 11.8 Å². The van der Waals surface area contributed by atoms with Crippen molar-refractivity contribution < 1.29 is 19.1 Å². The Labute approximate surface area is 218 Å². The highest BCUT2D eigenvalue weighted by molar-refractivity contribution is 6.35. The second-order valence-electron chi connectivity index (χ2n) is 9.20. The van der Waals surface area contributed by atoms with Crippen molar-refractivity contribution in [3.8, 4) is 16.9 Å². The van der Waals surface area contributed by atoms with Gasteiger partial charge in [-0.2, -0.15) is 5.10 Å². The summed E-state index contributed by atoms with van der Waals surface area (Å²) in [6.45, 7) is 7.18. The van der Waals surface area contributed by atoms with Gasteiger partial charge in [-0.1, -0.05) is 56.1 Å². The number of rotatable bonds is 6. The van der Waals surface area contributed by atoms with E-state index < -0.39 is 29.4 Å². The Kier molecular flexibility index (Phi) is 7.96. The van der Waals surface area contributed by atoms with E-state index in [2.05, 4.69) is 15.7 Å². The highest BCUT2D eigenvalue weighted by Gasteiger charge is 2.35. The number of aromatic nitrogens is 2. The molecule has 3 aromatic rings. The molecule has 3 amide bonds. The maximum Gasteiger partial charge on any atom is 0.328 e. The lowest BCUT2D eigenvalue weighted by atomic mass is 9.86. The number of benzene rings is 2. The first-order valence-electron chi connectivity index (χ1n) is 10.9. The van der Waals surface area contributed by atoms with E-state index in [1.807, 2.05) is 20.8 Å². The Balaban J connectivity index is 2.19. The van der Waals surface area contributed by atoms with Crippen molar-refractivity contribution in [2.24, 2.45) is 11.1 Å². The average molecular weight is 532 g/mol. The molecule has 3 rings (SSSR count). The van der Waals surface area contributed by atoms with Crippen LogP contribution in [-0.2, 0) is 9.53 Å². The SMILES string of the molecule is COC(=O)C(NC(=O)c1nn(-c2ccc(Cl)cc2Cl)c(-c2cccc(NC(N)=O)c2)c1C)C(C)(C)C. The second-order valence-corrected chi connectivity index (χ2v) is 10.0. The molecule has 1 heterocycles. The molecule has 0 saturated carbocycles. The van der Waals surface area contributed by atoms with Gasteiger partial charge in [0.05, 0.1) is 23.5 Å². The fraction of sp³-hybridized carbons (Fsp3) is 0.280. The summed E-state index contributed by atoms with van der Waals surface area (Å²) in [6.07, 6.45) is 0. The minimum atomic E-state index is -0.912. The van der Waals surface area contributed by atoms with E-state index in [0.29, 0.717) is 38.2 Å². The highest BCUT2D eigenvalue weighted by Crippen LogP contribution is 2.34. The maximum atomic E-state index is 13.4. The minimum Gasteiger partial charge on any atom is -0.467 e. The number of nitrogens with zero attached hydrogens (tertiary/aromatic N) is 2. The number of primary amides is 1. The molecule has 0 aliphatic carbocycles. The zero-order chi connectivity index (χ0) is 26.8. The van der Waals surface area contributed by atoms with Gasteiger partial charge in [-0.05, 0) is 42.7 Å². The molecule has 0 aliphatic heterocycles. The van der Waals surface area contributed by atoms with Gasteiger partial charge in [-0.15, -0.1) is 0 Å². The number of urea groups is 1. The summed E-state index contributed by atoms with van der Waals surface area (Å²) in [5.74, 6) is -1.13. The van der Waals surface area contributed by atoms with Crippen molar-refractivity contribution >= 4 is 46.8 Å². The van der Waals surface area contributed by atoms with Crippen LogP contribution in [-0.4, -0.2) is 40.8 Å². The first kappa shape index (κ1) is 27.0. The fourth-order valence-corrected chi connectivity index (χ4v) is 4.20. The van der Waals surface area contributed by atoms with E-state index in [0.717, 1.165) is 0 Å². The summed E-state index contributed by atoms with van der Waals surface area (Å²) < 4.78 is 6.42. The fourth-order valence-electron chi connectivity index (χ4n) is 3.71. The lowest BCUT2D eigenvalue weighted by Gasteiger charge is -2.28. The van der Waals surface area contributed by atoms with Gasteiger partial charge < -0.3 is 21.1 Å². The van der Waals surface area contributed by atoms with Gasteiger partial charge >= 0.3 is 12.0 Å². The normalized spacial score (nSPS) is 12.1. The Morgan fingerprint density at radius 1 is 1.11 bits per heavy atom. The lowest BCUT2D eigenvalue weighted by Crippen LogP contribution is -2.49. The third kappa shape index (κ3) is 5.80. The summed E-state index contributed by atoms with van der Waals surface area (Å²) >= 11 is 12.6. The van der Waals surface area contributed by atoms with Crippen LogP contribution in [0.4, 0.5) is 10.5 Å². The largest absolute Gasteiger partial charge is 0.467 e. The number of hydrogen-bond donors (Lipinski definition) is 3. The van der Waals surface area contributed by atoms with Crippen LogP contribution in [0.2, 0.25) is 10.0 Å². The number of carbonyl (C=O) groups excluding carboxylic acids is 3. The molecule has 0 bridgehead atoms. The van der Waals surface area contributed by atoms with E-state index in [1.54, 1.807) is 49.4 Å². The van der Waals surface area contributed by atoms with Crippen molar-refractivity contribution in [1.82, 2.24) is 15.1 Å². The van der Waals surface area contributed by atoms with E-state index >= 15 is 0 Å². The topological polar surface area (TPSA) is 128 Å². The number of carbonyl (C=O) groups is 3. The van der Waals surface area contributed by atoms with Crippen LogP contribution in [0.15, 0.2) is 42.5 Å². The number of amides is 3. The molecule has 0 radical (unpaired) electrons. The van der Waals surface area contributed by atoms with E-state index in [9.17, 15) is 14.4 Å². The number of nitrogens with one attached hydrogen (secondary N) is 2. The molecule has 9 nitrogen and oxygen atoms in total. The van der Waals surface area contributed by atoms with Crippen LogP contribution in [0.5, 0.6) is 0 Å². The maximum absolute atomic E-state index is 13.4.